The van der Waals surface area contributed by atoms with Gasteiger partial charge in [0.15, 0.2) is 11.0 Å². The molecule has 1 saturated carbocycles. The average Bonchev–Trinajstić information content (AvgIpc) is 3.14. The van der Waals surface area contributed by atoms with Gasteiger partial charge in [-0.15, -0.1) is 10.2 Å². The molecule has 0 radical (unpaired) electrons. The lowest BCUT2D eigenvalue weighted by Crippen LogP contribution is -2.19. The van der Waals surface area contributed by atoms with Crippen LogP contribution >= 0.6 is 11.8 Å². The van der Waals surface area contributed by atoms with Crippen molar-refractivity contribution >= 4 is 17.4 Å². The molecule has 0 unspecified atom stereocenters. The van der Waals surface area contributed by atoms with Crippen LogP contribution < -0.4 is 5.32 Å². The van der Waals surface area contributed by atoms with Crippen LogP contribution in [0.2, 0.25) is 0 Å². The highest BCUT2D eigenvalue weighted by Gasteiger charge is 2.30. The molecule has 1 aliphatic carbocycles. The number of nitrogens with zero attached hydrogens (tertiary/aromatic N) is 3. The number of benzene rings is 1. The minimum atomic E-state index is -4.43. The lowest BCUT2D eigenvalue weighted by Gasteiger charge is -2.25. The number of anilines is 1. The van der Waals surface area contributed by atoms with Crippen LogP contribution in [-0.4, -0.2) is 39.9 Å². The zero-order chi connectivity index (χ0) is 23.2. The summed E-state index contributed by atoms with van der Waals surface area (Å²) < 4.78 is 82.1. The lowest BCUT2D eigenvalue weighted by atomic mass is 9.95. The summed E-state index contributed by atoms with van der Waals surface area (Å²) in [4.78, 5) is 0. The Morgan fingerprint density at radius 3 is 2.50 bits per heavy atom. The molecule has 12 heteroatoms. The number of halogens is 6. The molecule has 1 fully saturated rings. The van der Waals surface area contributed by atoms with Crippen molar-refractivity contribution in [2.24, 2.45) is 0 Å². The van der Waals surface area contributed by atoms with Crippen LogP contribution in [-0.2, 0) is 17.5 Å². The quantitative estimate of drug-likeness (QED) is 0.267. The van der Waals surface area contributed by atoms with Crippen molar-refractivity contribution in [3.63, 3.8) is 0 Å². The standard InChI is InChI=1S/C20H24F6N4OS/c21-19(22,23)13-31-9-10-32-18-29-28-17(30(18)16-7-2-1-3-8-16)12-27-15-6-4-5-14(11-15)20(24,25)26/h4-6,11,16,27H,1-3,7-10,12-13H2. The van der Waals surface area contributed by atoms with E-state index in [1.807, 2.05) is 4.57 Å². The Morgan fingerprint density at radius 1 is 1.06 bits per heavy atom. The molecule has 3 rings (SSSR count). The van der Waals surface area contributed by atoms with E-state index in [0.717, 1.165) is 44.2 Å². The van der Waals surface area contributed by atoms with Crippen LogP contribution in [0.5, 0.6) is 0 Å². The first-order valence-corrected chi connectivity index (χ1v) is 11.2. The summed E-state index contributed by atoms with van der Waals surface area (Å²) in [7, 11) is 0. The number of hydrogen-bond donors (Lipinski definition) is 1. The Kier molecular flexibility index (Phi) is 8.32. The van der Waals surface area contributed by atoms with Gasteiger partial charge in [-0.05, 0) is 31.0 Å². The highest BCUT2D eigenvalue weighted by atomic mass is 32.2. The maximum absolute atomic E-state index is 13.0. The summed E-state index contributed by atoms with van der Waals surface area (Å²) in [5.74, 6) is 0.857. The van der Waals surface area contributed by atoms with Gasteiger partial charge in [-0.2, -0.15) is 26.3 Å². The van der Waals surface area contributed by atoms with Gasteiger partial charge in [-0.25, -0.2) is 0 Å². The predicted molar refractivity (Wildman–Crippen MR) is 109 cm³/mol. The van der Waals surface area contributed by atoms with Crippen molar-refractivity contribution in [1.29, 1.82) is 0 Å². The molecule has 1 aromatic heterocycles. The molecule has 0 amide bonds. The van der Waals surface area contributed by atoms with Crippen molar-refractivity contribution in [2.45, 2.75) is 62.2 Å². The van der Waals surface area contributed by atoms with E-state index in [2.05, 4.69) is 20.3 Å². The summed E-state index contributed by atoms with van der Waals surface area (Å²) in [6, 6.07) is 5.07. The van der Waals surface area contributed by atoms with E-state index >= 15 is 0 Å². The van der Waals surface area contributed by atoms with Gasteiger partial charge in [0.2, 0.25) is 0 Å². The van der Waals surface area contributed by atoms with Crippen LogP contribution in [0.15, 0.2) is 29.4 Å². The second kappa shape index (κ2) is 10.8. The maximum atomic E-state index is 13.0. The third-order valence-corrected chi connectivity index (χ3v) is 5.95. The normalized spacial score (nSPS) is 15.8. The van der Waals surface area contributed by atoms with Gasteiger partial charge in [0.1, 0.15) is 6.61 Å². The molecule has 0 bridgehead atoms. The van der Waals surface area contributed by atoms with E-state index in [1.165, 1.54) is 17.8 Å². The number of alkyl halides is 6. The number of aromatic nitrogens is 3. The fourth-order valence-electron chi connectivity index (χ4n) is 3.60. The monoisotopic (exact) mass is 482 g/mol. The molecule has 178 valence electrons. The molecular formula is C20H24F6N4OS. The summed E-state index contributed by atoms with van der Waals surface area (Å²) in [5, 5.41) is 11.9. The maximum Gasteiger partial charge on any atom is 0.416 e. The topological polar surface area (TPSA) is 52.0 Å². The minimum absolute atomic E-state index is 0.0838. The molecule has 1 N–H and O–H groups in total. The van der Waals surface area contributed by atoms with E-state index in [0.29, 0.717) is 16.7 Å². The van der Waals surface area contributed by atoms with E-state index in [9.17, 15) is 26.3 Å². The fourth-order valence-corrected chi connectivity index (χ4v) is 4.47. The number of ether oxygens (including phenoxy) is 1. The molecule has 1 heterocycles. The van der Waals surface area contributed by atoms with Gasteiger partial charge < -0.3 is 14.6 Å². The van der Waals surface area contributed by atoms with Crippen molar-refractivity contribution in [1.82, 2.24) is 14.8 Å². The number of hydrogen-bond acceptors (Lipinski definition) is 5. The summed E-state index contributed by atoms with van der Waals surface area (Å²) >= 11 is 1.26. The molecule has 32 heavy (non-hydrogen) atoms. The Hall–Kier alpha value is -1.95. The fraction of sp³-hybridized carbons (Fsp3) is 0.600. The third-order valence-electron chi connectivity index (χ3n) is 5.04. The second-order valence-electron chi connectivity index (χ2n) is 7.51. The summed E-state index contributed by atoms with van der Waals surface area (Å²) in [6.07, 6.45) is -3.74. The Labute approximate surface area is 185 Å². The summed E-state index contributed by atoms with van der Waals surface area (Å²) in [5.41, 5.74) is -0.431. The smallest absolute Gasteiger partial charge is 0.378 e. The average molecular weight is 482 g/mol. The zero-order valence-electron chi connectivity index (χ0n) is 17.2. The molecule has 5 nitrogen and oxygen atoms in total. The molecule has 1 aromatic carbocycles. The lowest BCUT2D eigenvalue weighted by molar-refractivity contribution is -0.172. The Bertz CT molecular complexity index is 865. The van der Waals surface area contributed by atoms with E-state index in [4.69, 9.17) is 0 Å². The van der Waals surface area contributed by atoms with Gasteiger partial charge in [0.05, 0.1) is 18.7 Å². The van der Waals surface area contributed by atoms with Gasteiger partial charge >= 0.3 is 12.4 Å². The zero-order valence-corrected chi connectivity index (χ0v) is 18.0. The largest absolute Gasteiger partial charge is 0.416 e. The molecular weight excluding hydrogens is 458 g/mol. The van der Waals surface area contributed by atoms with Gasteiger partial charge in [0, 0.05) is 17.5 Å². The van der Waals surface area contributed by atoms with Crippen molar-refractivity contribution in [2.75, 3.05) is 24.3 Å². The molecule has 0 spiro atoms. The minimum Gasteiger partial charge on any atom is -0.378 e. The number of nitrogens with one attached hydrogen (secondary N) is 1. The third kappa shape index (κ3) is 7.29. The highest BCUT2D eigenvalue weighted by Crippen LogP contribution is 2.33. The van der Waals surface area contributed by atoms with E-state index < -0.39 is 24.5 Å². The van der Waals surface area contributed by atoms with Gasteiger partial charge in [0.25, 0.3) is 0 Å². The molecule has 0 saturated heterocycles. The summed E-state index contributed by atoms with van der Waals surface area (Å²) in [6.45, 7) is -1.20. The SMILES string of the molecule is FC(F)(F)COCCSc1nnc(CNc2cccc(C(F)(F)F)c2)n1C1CCCCC1. The van der Waals surface area contributed by atoms with Crippen LogP contribution in [0.1, 0.15) is 49.5 Å². The molecule has 0 atom stereocenters. The predicted octanol–water partition coefficient (Wildman–Crippen LogP) is 6.09. The van der Waals surface area contributed by atoms with Crippen LogP contribution in [0.25, 0.3) is 0 Å². The first kappa shape index (κ1) is 24.7. The Balaban J connectivity index is 1.67. The van der Waals surface area contributed by atoms with Crippen LogP contribution in [0.4, 0.5) is 32.0 Å². The van der Waals surface area contributed by atoms with Gasteiger partial charge in [-0.1, -0.05) is 37.1 Å². The van der Waals surface area contributed by atoms with Crippen LogP contribution in [0, 0.1) is 0 Å². The molecule has 1 aliphatic rings. The number of thioether (sulfide) groups is 1. The van der Waals surface area contributed by atoms with Crippen molar-refractivity contribution < 1.29 is 31.1 Å². The van der Waals surface area contributed by atoms with Crippen LogP contribution in [0.3, 0.4) is 0 Å². The van der Waals surface area contributed by atoms with Crippen molar-refractivity contribution in [3.8, 4) is 0 Å². The first-order chi connectivity index (χ1) is 15.1. The molecule has 0 aliphatic heterocycles. The van der Waals surface area contributed by atoms with Crippen molar-refractivity contribution in [3.05, 3.63) is 35.7 Å². The highest BCUT2D eigenvalue weighted by molar-refractivity contribution is 7.99. The molecule has 2 aromatic rings. The second-order valence-corrected chi connectivity index (χ2v) is 8.57. The van der Waals surface area contributed by atoms with E-state index in [-0.39, 0.29) is 24.9 Å². The first-order valence-electron chi connectivity index (χ1n) is 10.3. The number of rotatable bonds is 9. The van der Waals surface area contributed by atoms with Gasteiger partial charge in [-0.3, -0.25) is 0 Å². The van der Waals surface area contributed by atoms with E-state index in [1.54, 1.807) is 6.07 Å². The Morgan fingerprint density at radius 2 is 1.81 bits per heavy atom.